The molecule has 2 rings (SSSR count). The molecule has 24 heavy (non-hydrogen) atoms. The lowest BCUT2D eigenvalue weighted by molar-refractivity contribution is 0.730. The number of aromatic nitrogens is 3. The van der Waals surface area contributed by atoms with Crippen LogP contribution >= 0.6 is 11.8 Å². The third-order valence-corrected chi connectivity index (χ3v) is 4.14. The fourth-order valence-electron chi connectivity index (χ4n) is 2.24. The Labute approximate surface area is 148 Å². The number of guanidine groups is 1. The number of thioether (sulfide) groups is 1. The van der Waals surface area contributed by atoms with Gasteiger partial charge in [0, 0.05) is 18.8 Å². The van der Waals surface area contributed by atoms with Gasteiger partial charge in [0.1, 0.15) is 12.9 Å². The SMILES string of the molecule is CCNC(=NCc1nncn1-c1ccccc1)NCCCCSC. The quantitative estimate of drug-likeness (QED) is 0.415. The van der Waals surface area contributed by atoms with Crippen molar-refractivity contribution >= 4 is 17.7 Å². The summed E-state index contributed by atoms with van der Waals surface area (Å²) in [5.41, 5.74) is 1.04. The second kappa shape index (κ2) is 10.7. The van der Waals surface area contributed by atoms with Gasteiger partial charge in [0.15, 0.2) is 11.8 Å². The van der Waals surface area contributed by atoms with Crippen molar-refractivity contribution in [3.8, 4) is 5.69 Å². The Morgan fingerprint density at radius 2 is 2.04 bits per heavy atom. The van der Waals surface area contributed by atoms with Gasteiger partial charge in [-0.2, -0.15) is 11.8 Å². The summed E-state index contributed by atoms with van der Waals surface area (Å²) in [6.07, 6.45) is 6.23. The van der Waals surface area contributed by atoms with Gasteiger partial charge in [0.25, 0.3) is 0 Å². The van der Waals surface area contributed by atoms with Gasteiger partial charge >= 0.3 is 0 Å². The lowest BCUT2D eigenvalue weighted by atomic mass is 10.3. The molecule has 0 spiro atoms. The second-order valence-electron chi connectivity index (χ2n) is 5.27. The highest BCUT2D eigenvalue weighted by Gasteiger charge is 2.06. The number of hydrogen-bond acceptors (Lipinski definition) is 4. The Morgan fingerprint density at radius 3 is 2.79 bits per heavy atom. The summed E-state index contributed by atoms with van der Waals surface area (Å²) in [7, 11) is 0. The van der Waals surface area contributed by atoms with E-state index in [1.54, 1.807) is 6.33 Å². The van der Waals surface area contributed by atoms with Crippen molar-refractivity contribution < 1.29 is 0 Å². The maximum absolute atomic E-state index is 4.63. The number of nitrogens with one attached hydrogen (secondary N) is 2. The molecule has 1 aromatic carbocycles. The number of benzene rings is 1. The first-order chi connectivity index (χ1) is 11.8. The molecule has 2 N–H and O–H groups in total. The molecular formula is C17H26N6S. The fourth-order valence-corrected chi connectivity index (χ4v) is 2.73. The molecule has 1 aromatic heterocycles. The number of hydrogen-bond donors (Lipinski definition) is 2. The minimum Gasteiger partial charge on any atom is -0.357 e. The molecular weight excluding hydrogens is 320 g/mol. The van der Waals surface area contributed by atoms with E-state index in [0.717, 1.165) is 37.0 Å². The molecule has 0 atom stereocenters. The van der Waals surface area contributed by atoms with E-state index < -0.39 is 0 Å². The lowest BCUT2D eigenvalue weighted by Crippen LogP contribution is -2.37. The average Bonchev–Trinajstić information content (AvgIpc) is 3.08. The van der Waals surface area contributed by atoms with Crippen LogP contribution in [0.25, 0.3) is 5.69 Å². The largest absolute Gasteiger partial charge is 0.357 e. The first kappa shape index (κ1) is 18.3. The molecule has 0 saturated heterocycles. The molecule has 0 unspecified atom stereocenters. The predicted octanol–water partition coefficient (Wildman–Crippen LogP) is 2.47. The Balaban J connectivity index is 1.95. The van der Waals surface area contributed by atoms with Crippen LogP contribution in [-0.4, -0.2) is 45.8 Å². The molecule has 0 bridgehead atoms. The van der Waals surface area contributed by atoms with Gasteiger partial charge in [0.2, 0.25) is 0 Å². The van der Waals surface area contributed by atoms with Crippen LogP contribution in [0, 0.1) is 0 Å². The van der Waals surface area contributed by atoms with Crippen molar-refractivity contribution in [3.05, 3.63) is 42.5 Å². The van der Waals surface area contributed by atoms with Gasteiger partial charge < -0.3 is 10.6 Å². The number of rotatable bonds is 9. The number of aliphatic imine (C=N–C) groups is 1. The molecule has 0 radical (unpaired) electrons. The molecule has 0 amide bonds. The van der Waals surface area contributed by atoms with E-state index >= 15 is 0 Å². The van der Waals surface area contributed by atoms with Crippen LogP contribution in [0.4, 0.5) is 0 Å². The van der Waals surface area contributed by atoms with Crippen LogP contribution in [0.5, 0.6) is 0 Å². The van der Waals surface area contributed by atoms with E-state index in [-0.39, 0.29) is 0 Å². The number of para-hydroxylation sites is 1. The second-order valence-corrected chi connectivity index (χ2v) is 6.26. The predicted molar refractivity (Wildman–Crippen MR) is 102 cm³/mol. The van der Waals surface area contributed by atoms with Crippen molar-refractivity contribution in [3.63, 3.8) is 0 Å². The molecule has 2 aromatic rings. The molecule has 0 fully saturated rings. The lowest BCUT2D eigenvalue weighted by Gasteiger charge is -2.11. The topological polar surface area (TPSA) is 67.1 Å². The van der Waals surface area contributed by atoms with Crippen LogP contribution < -0.4 is 10.6 Å². The third kappa shape index (κ3) is 5.88. The maximum Gasteiger partial charge on any atom is 0.191 e. The first-order valence-corrected chi connectivity index (χ1v) is 9.70. The van der Waals surface area contributed by atoms with Gasteiger partial charge in [-0.1, -0.05) is 18.2 Å². The Hall–Kier alpha value is -2.02. The summed E-state index contributed by atoms with van der Waals surface area (Å²) in [6, 6.07) is 10.1. The van der Waals surface area contributed by atoms with E-state index in [9.17, 15) is 0 Å². The smallest absolute Gasteiger partial charge is 0.191 e. The van der Waals surface area contributed by atoms with Crippen molar-refractivity contribution in [2.45, 2.75) is 26.3 Å². The molecule has 6 nitrogen and oxygen atoms in total. The monoisotopic (exact) mass is 346 g/mol. The number of nitrogens with zero attached hydrogens (tertiary/aromatic N) is 4. The van der Waals surface area contributed by atoms with E-state index in [1.165, 1.54) is 12.2 Å². The average molecular weight is 347 g/mol. The maximum atomic E-state index is 4.63. The summed E-state index contributed by atoms with van der Waals surface area (Å²) in [5, 5.41) is 14.9. The van der Waals surface area contributed by atoms with Crippen LogP contribution in [-0.2, 0) is 6.54 Å². The summed E-state index contributed by atoms with van der Waals surface area (Å²) < 4.78 is 1.96. The standard InChI is InChI=1S/C17H26N6S/c1-3-18-17(19-11-7-8-12-24-2)20-13-16-22-21-14-23(16)15-9-5-4-6-10-15/h4-6,9-10,14H,3,7-8,11-13H2,1-2H3,(H2,18,19,20). The molecule has 7 heteroatoms. The molecule has 1 heterocycles. The van der Waals surface area contributed by atoms with Crippen LogP contribution in [0.3, 0.4) is 0 Å². The van der Waals surface area contributed by atoms with Gasteiger partial charge in [0.05, 0.1) is 0 Å². The molecule has 0 aliphatic rings. The summed E-state index contributed by atoms with van der Waals surface area (Å²) in [4.78, 5) is 4.63. The van der Waals surface area contributed by atoms with Gasteiger partial charge in [-0.25, -0.2) is 4.99 Å². The zero-order valence-electron chi connectivity index (χ0n) is 14.4. The Bertz CT molecular complexity index is 611. The van der Waals surface area contributed by atoms with Crippen molar-refractivity contribution in [1.82, 2.24) is 25.4 Å². The third-order valence-electron chi connectivity index (χ3n) is 3.44. The summed E-state index contributed by atoms with van der Waals surface area (Å²) in [6.45, 7) is 4.31. The van der Waals surface area contributed by atoms with Gasteiger partial charge in [-0.05, 0) is 43.9 Å². The number of unbranched alkanes of at least 4 members (excludes halogenated alkanes) is 1. The Kier molecular flexibility index (Phi) is 8.17. The van der Waals surface area contributed by atoms with E-state index in [2.05, 4.69) is 39.0 Å². The van der Waals surface area contributed by atoms with Gasteiger partial charge in [-0.3, -0.25) is 4.57 Å². The molecule has 130 valence electrons. The summed E-state index contributed by atoms with van der Waals surface area (Å²) in [5.74, 6) is 2.85. The van der Waals surface area contributed by atoms with Crippen molar-refractivity contribution in [1.29, 1.82) is 0 Å². The van der Waals surface area contributed by atoms with Crippen LogP contribution in [0.15, 0.2) is 41.7 Å². The first-order valence-electron chi connectivity index (χ1n) is 8.30. The van der Waals surface area contributed by atoms with Crippen molar-refractivity contribution in [2.75, 3.05) is 25.1 Å². The molecule has 0 saturated carbocycles. The molecule has 0 aliphatic heterocycles. The highest BCUT2D eigenvalue weighted by molar-refractivity contribution is 7.98. The van der Waals surface area contributed by atoms with E-state index in [4.69, 9.17) is 0 Å². The van der Waals surface area contributed by atoms with E-state index in [0.29, 0.717) is 6.54 Å². The molecule has 0 aliphatic carbocycles. The van der Waals surface area contributed by atoms with Crippen LogP contribution in [0.2, 0.25) is 0 Å². The fraction of sp³-hybridized carbons (Fsp3) is 0.471. The minimum atomic E-state index is 0.481. The van der Waals surface area contributed by atoms with Crippen molar-refractivity contribution in [2.24, 2.45) is 4.99 Å². The van der Waals surface area contributed by atoms with E-state index in [1.807, 2.05) is 46.7 Å². The Morgan fingerprint density at radius 1 is 1.21 bits per heavy atom. The zero-order valence-corrected chi connectivity index (χ0v) is 15.2. The van der Waals surface area contributed by atoms with Gasteiger partial charge in [-0.15, -0.1) is 10.2 Å². The summed E-state index contributed by atoms with van der Waals surface area (Å²) >= 11 is 1.89. The minimum absolute atomic E-state index is 0.481. The zero-order chi connectivity index (χ0) is 17.0. The highest BCUT2D eigenvalue weighted by Crippen LogP contribution is 2.09. The van der Waals surface area contributed by atoms with Crippen LogP contribution in [0.1, 0.15) is 25.6 Å². The normalized spacial score (nSPS) is 11.5. The highest BCUT2D eigenvalue weighted by atomic mass is 32.2.